The van der Waals surface area contributed by atoms with Crippen LogP contribution in [-0.2, 0) is 4.79 Å². The Balaban J connectivity index is 1.23. The molecule has 140 valence electrons. The fourth-order valence-corrected chi connectivity index (χ4v) is 3.70. The highest BCUT2D eigenvalue weighted by Gasteiger charge is 2.03. The molecule has 6 heteroatoms. The molecule has 0 atom stereocenters. The third kappa shape index (κ3) is 4.35. The average Bonchev–Trinajstić information content (AvgIpc) is 3.15. The van der Waals surface area contributed by atoms with Gasteiger partial charge in [-0.15, -0.1) is 11.3 Å². The first-order valence-electron chi connectivity index (χ1n) is 9.08. The molecule has 0 fully saturated rings. The number of benzene rings is 2. The molecular formula is C22H19N3O2S. The van der Waals surface area contributed by atoms with Crippen molar-refractivity contribution in [3.05, 3.63) is 71.9 Å². The molecular weight excluding hydrogens is 370 g/mol. The first-order valence-corrected chi connectivity index (χ1v) is 9.89. The summed E-state index contributed by atoms with van der Waals surface area (Å²) in [5, 5.41) is 4.74. The summed E-state index contributed by atoms with van der Waals surface area (Å²) in [5.41, 5.74) is 1.81. The number of para-hydroxylation sites is 2. The van der Waals surface area contributed by atoms with E-state index >= 15 is 0 Å². The topological polar surface area (TPSA) is 64.1 Å². The van der Waals surface area contributed by atoms with E-state index in [0.29, 0.717) is 19.6 Å². The standard InChI is InChI=1S/C22H19N3O2S/c26-20(11-12-21-25-17-8-1-2-10-19(17)28-21)23-14-5-15-27-18-9-3-6-16-7-4-13-24-22(16)18/h1-4,6-13H,5,14-15H2,(H,23,26)/b12-11+. The monoisotopic (exact) mass is 389 g/mol. The van der Waals surface area contributed by atoms with Gasteiger partial charge in [0.1, 0.15) is 16.3 Å². The summed E-state index contributed by atoms with van der Waals surface area (Å²) in [6.07, 6.45) is 5.74. The summed E-state index contributed by atoms with van der Waals surface area (Å²) in [5.74, 6) is 0.631. The summed E-state index contributed by atoms with van der Waals surface area (Å²) in [6.45, 7) is 1.05. The maximum atomic E-state index is 12.0. The van der Waals surface area contributed by atoms with Gasteiger partial charge in [0.25, 0.3) is 0 Å². The second-order valence-electron chi connectivity index (χ2n) is 6.18. The number of rotatable bonds is 7. The number of ether oxygens (including phenoxy) is 1. The zero-order chi connectivity index (χ0) is 19.2. The molecule has 0 saturated heterocycles. The van der Waals surface area contributed by atoms with Crippen LogP contribution >= 0.6 is 11.3 Å². The second-order valence-corrected chi connectivity index (χ2v) is 7.24. The molecule has 4 rings (SSSR count). The van der Waals surface area contributed by atoms with Crippen LogP contribution < -0.4 is 10.1 Å². The molecule has 0 saturated carbocycles. The van der Waals surface area contributed by atoms with Crippen molar-refractivity contribution in [2.45, 2.75) is 6.42 Å². The molecule has 1 amide bonds. The molecule has 4 aromatic rings. The van der Waals surface area contributed by atoms with E-state index in [1.807, 2.05) is 54.6 Å². The van der Waals surface area contributed by atoms with E-state index in [-0.39, 0.29) is 5.91 Å². The first kappa shape index (κ1) is 18.1. The molecule has 0 aliphatic carbocycles. The minimum atomic E-state index is -0.133. The number of thiazole rings is 1. The molecule has 2 aromatic carbocycles. The van der Waals surface area contributed by atoms with Crippen LogP contribution in [0.3, 0.4) is 0 Å². The third-order valence-electron chi connectivity index (χ3n) is 4.16. The number of hydrogen-bond donors (Lipinski definition) is 1. The van der Waals surface area contributed by atoms with Crippen molar-refractivity contribution in [3.63, 3.8) is 0 Å². The number of pyridine rings is 1. The van der Waals surface area contributed by atoms with Gasteiger partial charge in [0.15, 0.2) is 0 Å². The number of carbonyl (C=O) groups excluding carboxylic acids is 1. The van der Waals surface area contributed by atoms with Gasteiger partial charge in [0.05, 0.1) is 16.8 Å². The minimum Gasteiger partial charge on any atom is -0.491 e. The second kappa shape index (κ2) is 8.63. The normalized spacial score (nSPS) is 11.3. The molecule has 0 radical (unpaired) electrons. The molecule has 5 nitrogen and oxygen atoms in total. The molecule has 0 bridgehead atoms. The largest absolute Gasteiger partial charge is 0.491 e. The predicted molar refractivity (Wildman–Crippen MR) is 114 cm³/mol. The Hall–Kier alpha value is -3.25. The zero-order valence-electron chi connectivity index (χ0n) is 15.2. The zero-order valence-corrected chi connectivity index (χ0v) is 16.0. The number of amides is 1. The van der Waals surface area contributed by atoms with E-state index in [1.165, 1.54) is 6.08 Å². The molecule has 2 aromatic heterocycles. The van der Waals surface area contributed by atoms with E-state index in [9.17, 15) is 4.79 Å². The summed E-state index contributed by atoms with van der Waals surface area (Å²) in [6, 6.07) is 17.7. The van der Waals surface area contributed by atoms with Gasteiger partial charge in [0.2, 0.25) is 5.91 Å². The number of nitrogens with zero attached hydrogens (tertiary/aromatic N) is 2. The minimum absolute atomic E-state index is 0.133. The van der Waals surface area contributed by atoms with Crippen LogP contribution in [0.25, 0.3) is 27.2 Å². The van der Waals surface area contributed by atoms with Gasteiger partial charge >= 0.3 is 0 Å². The number of fused-ring (bicyclic) bond motifs is 2. The highest BCUT2D eigenvalue weighted by Crippen LogP contribution is 2.23. The van der Waals surface area contributed by atoms with Crippen molar-refractivity contribution < 1.29 is 9.53 Å². The van der Waals surface area contributed by atoms with Gasteiger partial charge in [-0.25, -0.2) is 4.98 Å². The van der Waals surface area contributed by atoms with Crippen molar-refractivity contribution >= 4 is 44.4 Å². The Morgan fingerprint density at radius 2 is 2.00 bits per heavy atom. The number of aromatic nitrogens is 2. The van der Waals surface area contributed by atoms with Crippen LogP contribution in [0.15, 0.2) is 66.9 Å². The highest BCUT2D eigenvalue weighted by atomic mass is 32.1. The van der Waals surface area contributed by atoms with E-state index in [4.69, 9.17) is 4.74 Å². The molecule has 0 aliphatic rings. The molecule has 1 N–H and O–H groups in total. The Kier molecular flexibility index (Phi) is 5.58. The molecule has 0 aliphatic heterocycles. The van der Waals surface area contributed by atoms with Gasteiger partial charge < -0.3 is 10.1 Å². The van der Waals surface area contributed by atoms with Gasteiger partial charge in [-0.05, 0) is 36.8 Å². The van der Waals surface area contributed by atoms with Crippen LogP contribution in [0.4, 0.5) is 0 Å². The van der Waals surface area contributed by atoms with Crippen molar-refractivity contribution in [2.75, 3.05) is 13.2 Å². The first-order chi connectivity index (χ1) is 13.8. The Labute approximate surface area is 166 Å². The Bertz CT molecular complexity index is 1100. The quantitative estimate of drug-likeness (QED) is 0.375. The maximum absolute atomic E-state index is 12.0. The molecule has 2 heterocycles. The fourth-order valence-electron chi connectivity index (χ4n) is 2.83. The lowest BCUT2D eigenvalue weighted by molar-refractivity contribution is -0.116. The smallest absolute Gasteiger partial charge is 0.244 e. The van der Waals surface area contributed by atoms with E-state index < -0.39 is 0 Å². The van der Waals surface area contributed by atoms with E-state index in [1.54, 1.807) is 23.6 Å². The van der Waals surface area contributed by atoms with Crippen LogP contribution in [0.1, 0.15) is 11.4 Å². The van der Waals surface area contributed by atoms with Crippen molar-refractivity contribution in [2.24, 2.45) is 0 Å². The predicted octanol–water partition coefficient (Wildman–Crippen LogP) is 4.44. The Morgan fingerprint density at radius 1 is 1.11 bits per heavy atom. The van der Waals surface area contributed by atoms with Gasteiger partial charge in [-0.1, -0.05) is 30.3 Å². The van der Waals surface area contributed by atoms with Crippen LogP contribution in [0.2, 0.25) is 0 Å². The van der Waals surface area contributed by atoms with Crippen LogP contribution in [0.5, 0.6) is 5.75 Å². The molecule has 0 spiro atoms. The van der Waals surface area contributed by atoms with Gasteiger partial charge in [-0.2, -0.15) is 0 Å². The summed E-state index contributed by atoms with van der Waals surface area (Å²) in [7, 11) is 0. The number of hydrogen-bond acceptors (Lipinski definition) is 5. The summed E-state index contributed by atoms with van der Waals surface area (Å²) in [4.78, 5) is 20.8. The van der Waals surface area contributed by atoms with Crippen LogP contribution in [-0.4, -0.2) is 29.0 Å². The maximum Gasteiger partial charge on any atom is 0.244 e. The fraction of sp³-hybridized carbons (Fsp3) is 0.136. The highest BCUT2D eigenvalue weighted by molar-refractivity contribution is 7.19. The summed E-state index contributed by atoms with van der Waals surface area (Å²) >= 11 is 1.57. The van der Waals surface area contributed by atoms with Gasteiger partial charge in [-0.3, -0.25) is 9.78 Å². The lowest BCUT2D eigenvalue weighted by Crippen LogP contribution is -2.23. The number of carbonyl (C=O) groups is 1. The van der Waals surface area contributed by atoms with Crippen molar-refractivity contribution in [1.29, 1.82) is 0 Å². The van der Waals surface area contributed by atoms with E-state index in [2.05, 4.69) is 15.3 Å². The lowest BCUT2D eigenvalue weighted by Gasteiger charge is -2.08. The van der Waals surface area contributed by atoms with Crippen molar-refractivity contribution in [3.8, 4) is 5.75 Å². The van der Waals surface area contributed by atoms with Gasteiger partial charge in [0, 0.05) is 24.2 Å². The summed E-state index contributed by atoms with van der Waals surface area (Å²) < 4.78 is 6.94. The Morgan fingerprint density at radius 3 is 2.93 bits per heavy atom. The third-order valence-corrected chi connectivity index (χ3v) is 5.16. The average molecular weight is 389 g/mol. The van der Waals surface area contributed by atoms with Crippen molar-refractivity contribution in [1.82, 2.24) is 15.3 Å². The SMILES string of the molecule is O=C(/C=C/c1nc2ccccc2s1)NCCCOc1cccc2cccnc12. The van der Waals surface area contributed by atoms with Crippen LogP contribution in [0, 0.1) is 0 Å². The lowest BCUT2D eigenvalue weighted by atomic mass is 10.2. The number of nitrogens with one attached hydrogen (secondary N) is 1. The van der Waals surface area contributed by atoms with E-state index in [0.717, 1.165) is 31.9 Å². The molecule has 0 unspecified atom stereocenters. The molecule has 28 heavy (non-hydrogen) atoms.